The van der Waals surface area contributed by atoms with E-state index in [-0.39, 0.29) is 16.7 Å². The molecule has 7 nitrogen and oxygen atoms in total. The summed E-state index contributed by atoms with van der Waals surface area (Å²) in [5.74, 6) is -0.519. The van der Waals surface area contributed by atoms with Crippen LogP contribution in [0.25, 0.3) is 10.1 Å². The van der Waals surface area contributed by atoms with Crippen molar-refractivity contribution in [2.75, 3.05) is 13.1 Å². The molecule has 1 aromatic carbocycles. The summed E-state index contributed by atoms with van der Waals surface area (Å²) in [7, 11) is -3.75. The molecule has 1 aliphatic heterocycles. The zero-order valence-electron chi connectivity index (χ0n) is 16.6. The van der Waals surface area contributed by atoms with Gasteiger partial charge in [0, 0.05) is 35.6 Å². The third-order valence-electron chi connectivity index (χ3n) is 5.34. The highest BCUT2D eigenvalue weighted by molar-refractivity contribution is 7.91. The average Bonchev–Trinajstić information content (AvgIpc) is 3.27. The average molecular weight is 475 g/mol. The lowest BCUT2D eigenvalue weighted by atomic mass is 10.1. The smallest absolute Gasteiger partial charge is 0.250 e. The largest absolute Gasteiger partial charge is 0.338 e. The number of carbonyl (C=O) groups is 1. The molecule has 3 heterocycles. The number of aromatic nitrogens is 1. The summed E-state index contributed by atoms with van der Waals surface area (Å²) in [5, 5.41) is 10.3. The number of thiophene rings is 1. The Morgan fingerprint density at radius 3 is 2.94 bits per heavy atom. The van der Waals surface area contributed by atoms with Gasteiger partial charge in [0.05, 0.1) is 5.92 Å². The minimum atomic E-state index is -3.75. The van der Waals surface area contributed by atoms with Gasteiger partial charge in [0.1, 0.15) is 16.0 Å². The second-order valence-electron chi connectivity index (χ2n) is 7.41. The van der Waals surface area contributed by atoms with Crippen LogP contribution in [0.15, 0.2) is 40.7 Å². The van der Waals surface area contributed by atoms with Crippen LogP contribution in [0.5, 0.6) is 0 Å². The second kappa shape index (κ2) is 8.55. The molecule has 0 aliphatic carbocycles. The van der Waals surface area contributed by atoms with Crippen LogP contribution in [0.1, 0.15) is 23.2 Å². The Balaban J connectivity index is 1.44. The van der Waals surface area contributed by atoms with E-state index in [2.05, 4.69) is 9.71 Å². The summed E-state index contributed by atoms with van der Waals surface area (Å²) in [6.45, 7) is 2.72. The third kappa shape index (κ3) is 4.43. The summed E-state index contributed by atoms with van der Waals surface area (Å²) in [5.41, 5.74) is 1.77. The number of benzene rings is 1. The van der Waals surface area contributed by atoms with Gasteiger partial charge in [-0.2, -0.15) is 5.26 Å². The van der Waals surface area contributed by atoms with E-state index in [0.717, 1.165) is 15.6 Å². The zero-order valence-corrected chi connectivity index (χ0v) is 19.0. The highest BCUT2D eigenvalue weighted by Crippen LogP contribution is 2.35. The van der Waals surface area contributed by atoms with Crippen LogP contribution in [-0.4, -0.2) is 37.3 Å². The van der Waals surface area contributed by atoms with E-state index in [1.165, 1.54) is 11.3 Å². The number of pyridine rings is 1. The summed E-state index contributed by atoms with van der Waals surface area (Å²) in [6.07, 6.45) is 2.11. The van der Waals surface area contributed by atoms with Gasteiger partial charge in [0.2, 0.25) is 15.9 Å². The maximum atomic E-state index is 12.9. The molecule has 0 radical (unpaired) electrons. The number of hydrogen-bond donors (Lipinski definition) is 1. The van der Waals surface area contributed by atoms with Crippen molar-refractivity contribution in [3.05, 3.63) is 58.4 Å². The van der Waals surface area contributed by atoms with Crippen LogP contribution in [0.2, 0.25) is 5.02 Å². The molecule has 1 fully saturated rings. The third-order valence-corrected chi connectivity index (χ3v) is 8.89. The van der Waals surface area contributed by atoms with Crippen LogP contribution < -0.4 is 4.72 Å². The van der Waals surface area contributed by atoms with E-state index >= 15 is 0 Å². The predicted octanol–water partition coefficient (Wildman–Crippen LogP) is 3.46. The van der Waals surface area contributed by atoms with Crippen molar-refractivity contribution in [1.82, 2.24) is 14.6 Å². The lowest BCUT2D eigenvalue weighted by Gasteiger charge is -2.17. The zero-order chi connectivity index (χ0) is 22.2. The number of aryl methyl sites for hydroxylation is 1. The fourth-order valence-electron chi connectivity index (χ4n) is 3.71. The molecule has 0 saturated carbocycles. The van der Waals surface area contributed by atoms with Gasteiger partial charge in [-0.25, -0.2) is 18.1 Å². The summed E-state index contributed by atoms with van der Waals surface area (Å²) in [4.78, 5) is 18.4. The number of hydrogen-bond acceptors (Lipinski definition) is 6. The molecule has 10 heteroatoms. The summed E-state index contributed by atoms with van der Waals surface area (Å²) < 4.78 is 29.5. The number of sulfonamides is 1. The molecule has 0 spiro atoms. The highest BCUT2D eigenvalue weighted by atomic mass is 35.5. The Bertz CT molecular complexity index is 1310. The van der Waals surface area contributed by atoms with E-state index < -0.39 is 15.9 Å². The quantitative estimate of drug-likeness (QED) is 0.589. The van der Waals surface area contributed by atoms with Gasteiger partial charge in [-0.1, -0.05) is 11.6 Å². The summed E-state index contributed by atoms with van der Waals surface area (Å²) >= 11 is 7.24. The predicted molar refractivity (Wildman–Crippen MR) is 119 cm³/mol. The molecule has 1 aliphatic rings. The molecule has 4 rings (SSSR count). The van der Waals surface area contributed by atoms with Crippen LogP contribution in [0, 0.1) is 24.2 Å². The Hall–Kier alpha value is -2.51. The van der Waals surface area contributed by atoms with Crippen LogP contribution >= 0.6 is 22.9 Å². The number of likely N-dealkylation sites (tertiary alicyclic amines) is 1. The molecule has 1 saturated heterocycles. The van der Waals surface area contributed by atoms with E-state index in [9.17, 15) is 13.2 Å². The standard InChI is InChI=1S/C21H19ClN4O3S2/c1-13-18-9-16(22)2-3-19(18)30-21(13)31(28,29)25-11-15-5-7-26(20(15)27)12-14-4-6-24-17(8-14)10-23/h2-4,6,8-9,15,25H,5,7,11-12H2,1H3/t15-/m0/s1. The van der Waals surface area contributed by atoms with Gasteiger partial charge in [0.25, 0.3) is 0 Å². The fraction of sp³-hybridized carbons (Fsp3) is 0.286. The maximum Gasteiger partial charge on any atom is 0.250 e. The SMILES string of the molecule is Cc1c(S(=O)(=O)NC[C@@H]2CCN(Cc3ccnc(C#N)c3)C2=O)sc2ccc(Cl)cc12. The Kier molecular flexibility index (Phi) is 5.99. The minimum absolute atomic E-state index is 0.0475. The lowest BCUT2D eigenvalue weighted by molar-refractivity contribution is -0.131. The Morgan fingerprint density at radius 2 is 2.16 bits per heavy atom. The van der Waals surface area contributed by atoms with Crippen molar-refractivity contribution in [2.24, 2.45) is 5.92 Å². The number of rotatable bonds is 6. The molecule has 1 N–H and O–H groups in total. The minimum Gasteiger partial charge on any atom is -0.338 e. The highest BCUT2D eigenvalue weighted by Gasteiger charge is 2.33. The van der Waals surface area contributed by atoms with Crippen LogP contribution in [0.4, 0.5) is 0 Å². The number of nitriles is 1. The normalized spacial score (nSPS) is 16.7. The molecule has 2 aromatic heterocycles. The number of nitrogens with zero attached hydrogens (tertiary/aromatic N) is 3. The van der Waals surface area contributed by atoms with Gasteiger partial charge < -0.3 is 4.90 Å². The lowest BCUT2D eigenvalue weighted by Crippen LogP contribution is -2.34. The number of amides is 1. The number of nitrogens with one attached hydrogen (secondary N) is 1. The first-order valence-electron chi connectivity index (χ1n) is 9.60. The van der Waals surface area contributed by atoms with E-state index in [1.54, 1.807) is 42.3 Å². The molecule has 31 heavy (non-hydrogen) atoms. The van der Waals surface area contributed by atoms with Gasteiger partial charge in [0.15, 0.2) is 0 Å². The van der Waals surface area contributed by atoms with Gasteiger partial charge in [-0.15, -0.1) is 11.3 Å². The number of carbonyl (C=O) groups excluding carboxylic acids is 1. The molecular weight excluding hydrogens is 456 g/mol. The van der Waals surface area contributed by atoms with Crippen molar-refractivity contribution in [3.63, 3.8) is 0 Å². The second-order valence-corrected chi connectivity index (χ2v) is 10.9. The van der Waals surface area contributed by atoms with Crippen molar-refractivity contribution in [2.45, 2.75) is 24.1 Å². The first kappa shape index (κ1) is 21.7. The topological polar surface area (TPSA) is 103 Å². The van der Waals surface area contributed by atoms with Crippen molar-refractivity contribution in [3.8, 4) is 6.07 Å². The number of fused-ring (bicyclic) bond motifs is 1. The molecule has 3 aromatic rings. The molecule has 0 unspecified atom stereocenters. The first-order chi connectivity index (χ1) is 14.8. The molecule has 160 valence electrons. The molecule has 0 bridgehead atoms. The monoisotopic (exact) mass is 474 g/mol. The Labute approximate surface area is 189 Å². The summed E-state index contributed by atoms with van der Waals surface area (Å²) in [6, 6.07) is 10.7. The van der Waals surface area contributed by atoms with E-state index in [1.807, 2.05) is 12.1 Å². The first-order valence-corrected chi connectivity index (χ1v) is 12.3. The molecule has 1 atom stereocenters. The maximum absolute atomic E-state index is 12.9. The molecule has 1 amide bonds. The Morgan fingerprint density at radius 1 is 1.35 bits per heavy atom. The molecular formula is C21H19ClN4O3S2. The van der Waals surface area contributed by atoms with Crippen molar-refractivity contribution < 1.29 is 13.2 Å². The van der Waals surface area contributed by atoms with Crippen LogP contribution in [-0.2, 0) is 21.4 Å². The van der Waals surface area contributed by atoms with Gasteiger partial charge in [-0.05, 0) is 60.2 Å². The van der Waals surface area contributed by atoms with E-state index in [0.29, 0.717) is 35.8 Å². The van der Waals surface area contributed by atoms with Gasteiger partial charge in [-0.3, -0.25) is 4.79 Å². The van der Waals surface area contributed by atoms with E-state index in [4.69, 9.17) is 16.9 Å². The van der Waals surface area contributed by atoms with Gasteiger partial charge >= 0.3 is 0 Å². The fourth-order valence-corrected chi connectivity index (χ4v) is 6.75. The van der Waals surface area contributed by atoms with Crippen molar-refractivity contribution >= 4 is 49.0 Å². The van der Waals surface area contributed by atoms with Crippen molar-refractivity contribution in [1.29, 1.82) is 5.26 Å². The number of halogens is 1. The van der Waals surface area contributed by atoms with Crippen LogP contribution in [0.3, 0.4) is 0 Å².